The van der Waals surface area contributed by atoms with Crippen LogP contribution < -0.4 is 5.32 Å². The number of hydrogen-bond donors (Lipinski definition) is 1. The Hall–Kier alpha value is 0.270. The summed E-state index contributed by atoms with van der Waals surface area (Å²) in [6, 6.07) is 0.666. The Balaban J connectivity index is 1.98. The van der Waals surface area contributed by atoms with Crippen LogP contribution in [0, 0.1) is 5.41 Å². The van der Waals surface area contributed by atoms with Crippen LogP contribution in [0.25, 0.3) is 0 Å². The predicted octanol–water partition coefficient (Wildman–Crippen LogP) is 3.84. The summed E-state index contributed by atoms with van der Waals surface area (Å²) >= 11 is 2.21. The fraction of sp³-hybridized carbons (Fsp3) is 1.00. The van der Waals surface area contributed by atoms with Crippen molar-refractivity contribution >= 4 is 11.8 Å². The van der Waals surface area contributed by atoms with Crippen LogP contribution in [-0.4, -0.2) is 35.8 Å². The van der Waals surface area contributed by atoms with E-state index in [1.165, 1.54) is 32.1 Å². The van der Waals surface area contributed by atoms with E-state index in [0.29, 0.717) is 22.8 Å². The van der Waals surface area contributed by atoms with Crippen molar-refractivity contribution < 1.29 is 4.74 Å². The van der Waals surface area contributed by atoms with E-state index in [1.807, 2.05) is 0 Å². The van der Waals surface area contributed by atoms with Crippen molar-refractivity contribution in [1.82, 2.24) is 5.32 Å². The Morgan fingerprint density at radius 1 is 1.26 bits per heavy atom. The Kier molecular flexibility index (Phi) is 5.62. The van der Waals surface area contributed by atoms with Gasteiger partial charge in [-0.3, -0.25) is 0 Å². The van der Waals surface area contributed by atoms with Gasteiger partial charge >= 0.3 is 0 Å². The van der Waals surface area contributed by atoms with E-state index >= 15 is 0 Å². The van der Waals surface area contributed by atoms with E-state index in [9.17, 15) is 0 Å². The molecule has 1 aliphatic heterocycles. The molecule has 19 heavy (non-hydrogen) atoms. The average Bonchev–Trinajstić information content (AvgIpc) is 2.74. The van der Waals surface area contributed by atoms with Gasteiger partial charge in [-0.05, 0) is 44.6 Å². The van der Waals surface area contributed by atoms with Crippen molar-refractivity contribution in [2.45, 2.75) is 82.4 Å². The molecule has 112 valence electrons. The molecule has 0 radical (unpaired) electrons. The van der Waals surface area contributed by atoms with Crippen LogP contribution in [0.2, 0.25) is 0 Å². The number of ether oxygens (including phenoxy) is 1. The second-order valence-electron chi connectivity index (χ2n) is 6.89. The third-order valence-electron chi connectivity index (χ3n) is 4.79. The Labute approximate surface area is 123 Å². The molecule has 1 heterocycles. The third kappa shape index (κ3) is 3.89. The molecule has 0 aromatic carbocycles. The zero-order valence-corrected chi connectivity index (χ0v) is 13.9. The topological polar surface area (TPSA) is 21.3 Å². The number of nitrogens with one attached hydrogen (secondary N) is 1. The lowest BCUT2D eigenvalue weighted by atomic mass is 9.73. The maximum Gasteiger partial charge on any atom is 0.0666 e. The molecule has 0 amide bonds. The van der Waals surface area contributed by atoms with E-state index in [4.69, 9.17) is 4.74 Å². The minimum atomic E-state index is 0.438. The fourth-order valence-corrected chi connectivity index (χ4v) is 5.46. The summed E-state index contributed by atoms with van der Waals surface area (Å²) in [5, 5.41) is 5.32. The van der Waals surface area contributed by atoms with Gasteiger partial charge in [0, 0.05) is 23.1 Å². The van der Waals surface area contributed by atoms with Crippen LogP contribution in [0.4, 0.5) is 0 Å². The second-order valence-corrected chi connectivity index (χ2v) is 8.37. The SMILES string of the molecule is CCCNC1C(SC2CCOC2C)CCCC1(C)C. The molecule has 4 atom stereocenters. The summed E-state index contributed by atoms with van der Waals surface area (Å²) in [6.07, 6.45) is 7.04. The lowest BCUT2D eigenvalue weighted by Crippen LogP contribution is -2.52. The zero-order chi connectivity index (χ0) is 13.9. The summed E-state index contributed by atoms with van der Waals surface area (Å²) in [5.41, 5.74) is 0.438. The van der Waals surface area contributed by atoms with Gasteiger partial charge in [-0.25, -0.2) is 0 Å². The zero-order valence-electron chi connectivity index (χ0n) is 13.1. The molecule has 0 spiro atoms. The standard InChI is InChI=1S/C16H31NOS/c1-5-10-17-15-14(7-6-9-16(15,3)4)19-13-8-11-18-12(13)2/h12-15,17H,5-11H2,1-4H3. The smallest absolute Gasteiger partial charge is 0.0666 e. The first kappa shape index (κ1) is 15.7. The summed E-state index contributed by atoms with van der Waals surface area (Å²) in [4.78, 5) is 0. The lowest BCUT2D eigenvalue weighted by molar-refractivity contribution is 0.126. The Bertz CT molecular complexity index is 282. The van der Waals surface area contributed by atoms with Gasteiger partial charge in [0.2, 0.25) is 0 Å². The summed E-state index contributed by atoms with van der Waals surface area (Å²) in [5.74, 6) is 0. The van der Waals surface area contributed by atoms with E-state index in [0.717, 1.165) is 18.4 Å². The third-order valence-corrected chi connectivity index (χ3v) is 6.62. The molecule has 2 fully saturated rings. The van der Waals surface area contributed by atoms with Crippen LogP contribution >= 0.6 is 11.8 Å². The van der Waals surface area contributed by atoms with Gasteiger partial charge in [-0.15, -0.1) is 0 Å². The van der Waals surface area contributed by atoms with Crippen molar-refractivity contribution in [2.24, 2.45) is 5.41 Å². The number of hydrogen-bond acceptors (Lipinski definition) is 3. The Morgan fingerprint density at radius 3 is 2.68 bits per heavy atom. The van der Waals surface area contributed by atoms with Crippen molar-refractivity contribution in [2.75, 3.05) is 13.2 Å². The van der Waals surface area contributed by atoms with Crippen molar-refractivity contribution in [3.05, 3.63) is 0 Å². The van der Waals surface area contributed by atoms with Gasteiger partial charge in [-0.2, -0.15) is 11.8 Å². The normalized spacial score (nSPS) is 38.5. The van der Waals surface area contributed by atoms with Crippen LogP contribution in [0.1, 0.15) is 59.8 Å². The van der Waals surface area contributed by atoms with Gasteiger partial charge in [0.25, 0.3) is 0 Å². The first-order chi connectivity index (χ1) is 9.04. The van der Waals surface area contributed by atoms with Crippen LogP contribution in [0.15, 0.2) is 0 Å². The van der Waals surface area contributed by atoms with Crippen molar-refractivity contribution in [3.8, 4) is 0 Å². The highest BCUT2D eigenvalue weighted by molar-refractivity contribution is 8.00. The molecule has 4 unspecified atom stereocenters. The fourth-order valence-electron chi connectivity index (χ4n) is 3.55. The van der Waals surface area contributed by atoms with Gasteiger partial charge in [0.1, 0.15) is 0 Å². The average molecular weight is 285 g/mol. The highest BCUT2D eigenvalue weighted by atomic mass is 32.2. The van der Waals surface area contributed by atoms with Gasteiger partial charge in [0.05, 0.1) is 6.10 Å². The molecule has 1 aliphatic carbocycles. The van der Waals surface area contributed by atoms with E-state index < -0.39 is 0 Å². The molecule has 0 aromatic heterocycles. The van der Waals surface area contributed by atoms with E-state index in [-0.39, 0.29) is 0 Å². The molecule has 2 aliphatic rings. The molecular formula is C16H31NOS. The van der Waals surface area contributed by atoms with Crippen LogP contribution in [0.3, 0.4) is 0 Å². The van der Waals surface area contributed by atoms with Gasteiger partial charge in [-0.1, -0.05) is 27.2 Å². The Morgan fingerprint density at radius 2 is 2.05 bits per heavy atom. The quantitative estimate of drug-likeness (QED) is 0.829. The van der Waals surface area contributed by atoms with Crippen molar-refractivity contribution in [3.63, 3.8) is 0 Å². The van der Waals surface area contributed by atoms with Gasteiger partial charge in [0.15, 0.2) is 0 Å². The molecule has 1 saturated carbocycles. The minimum Gasteiger partial charge on any atom is -0.377 e. The lowest BCUT2D eigenvalue weighted by Gasteiger charge is -2.45. The van der Waals surface area contributed by atoms with Crippen LogP contribution in [-0.2, 0) is 4.74 Å². The molecule has 1 saturated heterocycles. The second kappa shape index (κ2) is 6.82. The van der Waals surface area contributed by atoms with Crippen LogP contribution in [0.5, 0.6) is 0 Å². The number of rotatable bonds is 5. The molecular weight excluding hydrogens is 254 g/mol. The molecule has 0 bridgehead atoms. The van der Waals surface area contributed by atoms with E-state index in [2.05, 4.69) is 44.8 Å². The molecule has 2 rings (SSSR count). The molecule has 3 heteroatoms. The first-order valence-electron chi connectivity index (χ1n) is 8.05. The highest BCUT2D eigenvalue weighted by Crippen LogP contribution is 2.43. The van der Waals surface area contributed by atoms with Crippen molar-refractivity contribution in [1.29, 1.82) is 0 Å². The monoisotopic (exact) mass is 285 g/mol. The summed E-state index contributed by atoms with van der Waals surface area (Å²) < 4.78 is 5.73. The van der Waals surface area contributed by atoms with E-state index in [1.54, 1.807) is 0 Å². The molecule has 1 N–H and O–H groups in total. The van der Waals surface area contributed by atoms with Gasteiger partial charge < -0.3 is 10.1 Å². The first-order valence-corrected chi connectivity index (χ1v) is 8.99. The maximum absolute atomic E-state index is 5.73. The maximum atomic E-state index is 5.73. The minimum absolute atomic E-state index is 0.438. The molecule has 2 nitrogen and oxygen atoms in total. The number of thioether (sulfide) groups is 1. The molecule has 0 aromatic rings. The summed E-state index contributed by atoms with van der Waals surface area (Å²) in [7, 11) is 0. The summed E-state index contributed by atoms with van der Waals surface area (Å²) in [6.45, 7) is 11.5. The highest BCUT2D eigenvalue weighted by Gasteiger charge is 2.41. The predicted molar refractivity (Wildman–Crippen MR) is 84.9 cm³/mol. The largest absolute Gasteiger partial charge is 0.377 e.